The minimum Gasteiger partial charge on any atom is -0.374 e. The van der Waals surface area contributed by atoms with Gasteiger partial charge in [0.05, 0.1) is 11.0 Å². The number of fused-ring (bicyclic) bond motifs is 1. The minimum absolute atomic E-state index is 0.0800. The number of thiazole rings is 1. The Bertz CT molecular complexity index is 1440. The number of hydrogen-bond acceptors (Lipinski definition) is 9. The van der Waals surface area contributed by atoms with Crippen LogP contribution in [0.2, 0.25) is 0 Å². The number of aliphatic hydroxyl groups excluding tert-OH is 1. The number of nitrogens with zero attached hydrogens (tertiary/aromatic N) is 3. The number of likely N-dealkylation sites (N-methyl/N-ethyl adjacent to an activating group) is 1. The number of aromatic amines is 1. The fraction of sp³-hybridized carbons (Fsp3) is 0.346. The van der Waals surface area contributed by atoms with E-state index in [0.29, 0.717) is 29.1 Å². The van der Waals surface area contributed by atoms with Crippen molar-refractivity contribution >= 4 is 51.4 Å². The first-order valence-electron chi connectivity index (χ1n) is 12.5. The highest BCUT2D eigenvalue weighted by Crippen LogP contribution is 2.35. The summed E-state index contributed by atoms with van der Waals surface area (Å²) in [6, 6.07) is 4.78. The van der Waals surface area contributed by atoms with Crippen LogP contribution in [0.3, 0.4) is 0 Å². The average molecular weight is 554 g/mol. The number of amides is 2. The zero-order valence-corrected chi connectivity index (χ0v) is 22.9. The average Bonchev–Trinajstić information content (AvgIpc) is 3.57. The van der Waals surface area contributed by atoms with Gasteiger partial charge < -0.3 is 30.4 Å². The van der Waals surface area contributed by atoms with Crippen molar-refractivity contribution in [2.75, 3.05) is 36.8 Å². The second-order valence-corrected chi connectivity index (χ2v) is 9.92. The zero-order valence-electron chi connectivity index (χ0n) is 22.1. The van der Waals surface area contributed by atoms with Gasteiger partial charge in [-0.3, -0.25) is 20.2 Å². The molecule has 2 aromatic heterocycles. The smallest absolute Gasteiger partial charge is 0.374 e. The topological polar surface area (TPSA) is 166 Å². The van der Waals surface area contributed by atoms with E-state index in [1.54, 1.807) is 24.3 Å². The number of carbonyl (C=O) groups is 2. The van der Waals surface area contributed by atoms with Gasteiger partial charge in [-0.15, -0.1) is 0 Å². The fourth-order valence-electron chi connectivity index (χ4n) is 4.56. The maximum absolute atomic E-state index is 12.8. The van der Waals surface area contributed by atoms with E-state index in [4.69, 9.17) is 0 Å². The van der Waals surface area contributed by atoms with Crippen molar-refractivity contribution in [3.05, 3.63) is 67.3 Å². The summed E-state index contributed by atoms with van der Waals surface area (Å²) in [7, 11) is 0. The SMILES string of the molecule is CCN(CC)CCNC(O)c1c(C)[nH]c(/C=C2\C(=O)Nc3ccc(C(=O)Nc4csc([N+](=O)[O-])n4)cc32)c1C. The van der Waals surface area contributed by atoms with Crippen LogP contribution in [-0.4, -0.2) is 62.9 Å². The van der Waals surface area contributed by atoms with Crippen molar-refractivity contribution < 1.29 is 19.6 Å². The van der Waals surface area contributed by atoms with Gasteiger partial charge in [0.2, 0.25) is 0 Å². The molecule has 0 saturated carbocycles. The molecule has 1 aliphatic rings. The Morgan fingerprint density at radius 3 is 2.72 bits per heavy atom. The Morgan fingerprint density at radius 1 is 1.31 bits per heavy atom. The first kappa shape index (κ1) is 28.1. The van der Waals surface area contributed by atoms with Crippen LogP contribution in [0, 0.1) is 24.0 Å². The van der Waals surface area contributed by atoms with E-state index in [0.717, 1.165) is 47.8 Å². The summed E-state index contributed by atoms with van der Waals surface area (Å²) in [5.41, 5.74) is 4.73. The molecular weight excluding hydrogens is 522 g/mol. The Labute approximate surface area is 229 Å². The molecule has 0 radical (unpaired) electrons. The molecule has 1 unspecified atom stereocenters. The molecule has 0 aliphatic carbocycles. The molecule has 0 saturated heterocycles. The summed E-state index contributed by atoms with van der Waals surface area (Å²) < 4.78 is 0. The molecule has 12 nitrogen and oxygen atoms in total. The number of aromatic nitrogens is 2. The van der Waals surface area contributed by atoms with E-state index in [2.05, 4.69) is 44.7 Å². The third-order valence-electron chi connectivity index (χ3n) is 6.71. The molecule has 3 heterocycles. The summed E-state index contributed by atoms with van der Waals surface area (Å²) in [5, 5.41) is 31.3. The van der Waals surface area contributed by atoms with Gasteiger partial charge in [-0.05, 0) is 78.0 Å². The van der Waals surface area contributed by atoms with Crippen LogP contribution in [0.5, 0.6) is 0 Å². The number of aryl methyl sites for hydroxylation is 1. The first-order valence-corrected chi connectivity index (χ1v) is 13.4. The largest absolute Gasteiger partial charge is 0.425 e. The number of rotatable bonds is 11. The summed E-state index contributed by atoms with van der Waals surface area (Å²) in [6.07, 6.45) is 0.840. The van der Waals surface area contributed by atoms with E-state index in [1.807, 2.05) is 13.8 Å². The second kappa shape index (κ2) is 11.9. The van der Waals surface area contributed by atoms with Gasteiger partial charge in [0, 0.05) is 46.9 Å². The van der Waals surface area contributed by atoms with Gasteiger partial charge in [0.15, 0.2) is 0 Å². The monoisotopic (exact) mass is 553 g/mol. The van der Waals surface area contributed by atoms with Crippen molar-refractivity contribution in [1.29, 1.82) is 0 Å². The van der Waals surface area contributed by atoms with Crippen molar-refractivity contribution in [3.8, 4) is 0 Å². The lowest BCUT2D eigenvalue weighted by atomic mass is 10.0. The normalized spacial score (nSPS) is 14.5. The predicted molar refractivity (Wildman–Crippen MR) is 151 cm³/mol. The predicted octanol–water partition coefficient (Wildman–Crippen LogP) is 3.66. The lowest BCUT2D eigenvalue weighted by Crippen LogP contribution is -2.33. The third kappa shape index (κ3) is 6.06. The van der Waals surface area contributed by atoms with Crippen LogP contribution in [-0.2, 0) is 4.79 Å². The van der Waals surface area contributed by atoms with E-state index in [-0.39, 0.29) is 22.4 Å². The molecule has 206 valence electrons. The van der Waals surface area contributed by atoms with Crippen molar-refractivity contribution in [2.24, 2.45) is 0 Å². The van der Waals surface area contributed by atoms with Gasteiger partial charge >= 0.3 is 5.13 Å². The standard InChI is InChI=1S/C26H31N7O5S/c1-5-32(6-2)10-9-27-25(36)22-14(3)20(28-15(22)4)12-18-17-11-16(7-8-19(17)29-24(18)35)23(34)30-21-13-39-26(31-21)33(37)38/h7-8,11-13,25,27-28,36H,5-6,9-10H2,1-4H3,(H,29,35)(H,30,34)/b18-12-. The van der Waals surface area contributed by atoms with Crippen LogP contribution in [0.25, 0.3) is 11.6 Å². The number of nitrogens with one attached hydrogen (secondary N) is 4. The lowest BCUT2D eigenvalue weighted by molar-refractivity contribution is -0.384. The quantitative estimate of drug-likeness (QED) is 0.104. The van der Waals surface area contributed by atoms with Gasteiger partial charge in [0.1, 0.15) is 6.23 Å². The highest BCUT2D eigenvalue weighted by Gasteiger charge is 2.27. The fourth-order valence-corrected chi connectivity index (χ4v) is 5.12. The van der Waals surface area contributed by atoms with Crippen LogP contribution in [0.4, 0.5) is 16.6 Å². The summed E-state index contributed by atoms with van der Waals surface area (Å²) >= 11 is 0.814. The number of nitro groups is 1. The molecule has 0 fully saturated rings. The molecule has 0 spiro atoms. The Balaban J connectivity index is 1.55. The highest BCUT2D eigenvalue weighted by molar-refractivity contribution is 7.13. The van der Waals surface area contributed by atoms with Crippen molar-refractivity contribution in [1.82, 2.24) is 20.2 Å². The number of aliphatic hydroxyl groups is 1. The molecule has 4 rings (SSSR count). The molecule has 0 bridgehead atoms. The number of carbonyl (C=O) groups excluding carboxylic acids is 2. The van der Waals surface area contributed by atoms with E-state index in [1.165, 1.54) is 5.38 Å². The summed E-state index contributed by atoms with van der Waals surface area (Å²) in [4.78, 5) is 45.2. The van der Waals surface area contributed by atoms with E-state index < -0.39 is 17.1 Å². The maximum Gasteiger partial charge on any atom is 0.425 e. The lowest BCUT2D eigenvalue weighted by Gasteiger charge is -2.20. The third-order valence-corrected chi connectivity index (χ3v) is 7.50. The zero-order chi connectivity index (χ0) is 28.3. The molecule has 39 heavy (non-hydrogen) atoms. The molecular formula is C26H31N7O5S. The van der Waals surface area contributed by atoms with Crippen LogP contribution >= 0.6 is 11.3 Å². The van der Waals surface area contributed by atoms with Gasteiger partial charge in [-0.25, -0.2) is 0 Å². The first-order chi connectivity index (χ1) is 18.6. The summed E-state index contributed by atoms with van der Waals surface area (Å²) in [6.45, 7) is 11.3. The number of benzene rings is 1. The van der Waals surface area contributed by atoms with E-state index >= 15 is 0 Å². The Hall–Kier alpha value is -3.91. The van der Waals surface area contributed by atoms with E-state index in [9.17, 15) is 24.8 Å². The van der Waals surface area contributed by atoms with Gasteiger partial charge in [-0.1, -0.05) is 13.8 Å². The highest BCUT2D eigenvalue weighted by atomic mass is 32.1. The summed E-state index contributed by atoms with van der Waals surface area (Å²) in [5.74, 6) is -0.745. The number of anilines is 2. The minimum atomic E-state index is -0.870. The van der Waals surface area contributed by atoms with Crippen molar-refractivity contribution in [2.45, 2.75) is 33.9 Å². The second-order valence-electron chi connectivity index (χ2n) is 9.08. The molecule has 2 amide bonds. The maximum atomic E-state index is 12.8. The molecule has 1 aliphatic heterocycles. The van der Waals surface area contributed by atoms with Crippen LogP contribution < -0.4 is 16.0 Å². The molecule has 3 aromatic rings. The number of hydrogen-bond donors (Lipinski definition) is 5. The van der Waals surface area contributed by atoms with Crippen LogP contribution in [0.15, 0.2) is 23.6 Å². The molecule has 1 aromatic carbocycles. The van der Waals surface area contributed by atoms with Crippen molar-refractivity contribution in [3.63, 3.8) is 0 Å². The van der Waals surface area contributed by atoms with Gasteiger partial charge in [0.25, 0.3) is 17.6 Å². The molecule has 5 N–H and O–H groups in total. The Kier molecular flexibility index (Phi) is 8.55. The molecule has 13 heteroatoms. The Morgan fingerprint density at radius 2 is 2.05 bits per heavy atom. The van der Waals surface area contributed by atoms with Crippen LogP contribution in [0.1, 0.15) is 58.5 Å². The number of H-pyrrole nitrogens is 1. The van der Waals surface area contributed by atoms with Gasteiger partial charge in [-0.2, -0.15) is 0 Å². The molecule has 1 atom stereocenters.